The van der Waals surface area contributed by atoms with Crippen molar-refractivity contribution in [3.63, 3.8) is 0 Å². The highest BCUT2D eigenvalue weighted by molar-refractivity contribution is 5.95. The van der Waals surface area contributed by atoms with Crippen LogP contribution in [-0.2, 0) is 4.74 Å². The van der Waals surface area contributed by atoms with Gasteiger partial charge in [-0.2, -0.15) is 0 Å². The molecule has 0 bridgehead atoms. The van der Waals surface area contributed by atoms with Crippen molar-refractivity contribution in [1.82, 2.24) is 9.80 Å². The van der Waals surface area contributed by atoms with Gasteiger partial charge in [-0.15, -0.1) is 0 Å². The largest absolute Gasteiger partial charge is 0.486 e. The molecular formula is C15H18N2O5. The van der Waals surface area contributed by atoms with E-state index in [0.717, 1.165) is 0 Å². The number of methoxy groups -OCH3 is 1. The van der Waals surface area contributed by atoms with E-state index in [1.165, 1.54) is 7.11 Å². The van der Waals surface area contributed by atoms with Crippen LogP contribution in [0.15, 0.2) is 18.2 Å². The average Bonchev–Trinajstić information content (AvgIpc) is 2.60. The Bertz CT molecular complexity index is 581. The number of piperazine rings is 1. The molecule has 3 rings (SSSR count). The van der Waals surface area contributed by atoms with Crippen LogP contribution in [0.2, 0.25) is 0 Å². The van der Waals surface area contributed by atoms with Gasteiger partial charge in [-0.1, -0.05) is 0 Å². The van der Waals surface area contributed by atoms with Crippen molar-refractivity contribution in [2.45, 2.75) is 0 Å². The van der Waals surface area contributed by atoms with E-state index in [1.807, 2.05) is 0 Å². The van der Waals surface area contributed by atoms with E-state index in [4.69, 9.17) is 9.47 Å². The van der Waals surface area contributed by atoms with Gasteiger partial charge in [0.1, 0.15) is 13.2 Å². The van der Waals surface area contributed by atoms with Gasteiger partial charge in [0.25, 0.3) is 5.91 Å². The topological polar surface area (TPSA) is 68.3 Å². The van der Waals surface area contributed by atoms with E-state index in [2.05, 4.69) is 4.74 Å². The number of rotatable bonds is 1. The van der Waals surface area contributed by atoms with Crippen LogP contribution in [-0.4, -0.2) is 68.3 Å². The summed E-state index contributed by atoms with van der Waals surface area (Å²) in [5.74, 6) is 1.20. The number of carbonyl (C=O) groups excluding carboxylic acids is 2. The molecule has 1 aromatic rings. The molecule has 0 unspecified atom stereocenters. The minimum Gasteiger partial charge on any atom is -0.486 e. The molecule has 0 N–H and O–H groups in total. The molecule has 118 valence electrons. The van der Waals surface area contributed by atoms with Gasteiger partial charge in [0.2, 0.25) is 0 Å². The van der Waals surface area contributed by atoms with Crippen molar-refractivity contribution in [2.75, 3.05) is 46.5 Å². The van der Waals surface area contributed by atoms with Crippen molar-refractivity contribution in [1.29, 1.82) is 0 Å². The van der Waals surface area contributed by atoms with Gasteiger partial charge >= 0.3 is 6.09 Å². The highest BCUT2D eigenvalue weighted by atomic mass is 16.6. The molecule has 7 heteroatoms. The first-order valence-corrected chi connectivity index (χ1v) is 7.21. The zero-order valence-corrected chi connectivity index (χ0v) is 12.4. The van der Waals surface area contributed by atoms with Crippen LogP contribution in [0.3, 0.4) is 0 Å². The first-order valence-electron chi connectivity index (χ1n) is 7.21. The Morgan fingerprint density at radius 2 is 1.64 bits per heavy atom. The van der Waals surface area contributed by atoms with Crippen LogP contribution in [0, 0.1) is 0 Å². The molecule has 7 nitrogen and oxygen atoms in total. The molecule has 0 aromatic heterocycles. The number of amides is 2. The Morgan fingerprint density at radius 3 is 2.32 bits per heavy atom. The molecule has 1 aromatic carbocycles. The summed E-state index contributed by atoms with van der Waals surface area (Å²) >= 11 is 0. The van der Waals surface area contributed by atoms with E-state index < -0.39 is 0 Å². The van der Waals surface area contributed by atoms with Crippen LogP contribution in [0.5, 0.6) is 11.5 Å². The van der Waals surface area contributed by atoms with Gasteiger partial charge in [0.05, 0.1) is 7.11 Å². The lowest BCUT2D eigenvalue weighted by molar-refractivity contribution is 0.0599. The lowest BCUT2D eigenvalue weighted by Gasteiger charge is -2.34. The molecule has 2 aliphatic heterocycles. The first-order chi connectivity index (χ1) is 10.7. The zero-order valence-electron chi connectivity index (χ0n) is 12.4. The average molecular weight is 306 g/mol. The summed E-state index contributed by atoms with van der Waals surface area (Å²) in [6, 6.07) is 5.21. The molecule has 22 heavy (non-hydrogen) atoms. The highest BCUT2D eigenvalue weighted by Crippen LogP contribution is 2.31. The van der Waals surface area contributed by atoms with Crippen LogP contribution in [0.1, 0.15) is 10.4 Å². The van der Waals surface area contributed by atoms with Gasteiger partial charge in [-0.05, 0) is 18.2 Å². The van der Waals surface area contributed by atoms with Gasteiger partial charge in [-0.3, -0.25) is 4.79 Å². The highest BCUT2D eigenvalue weighted by Gasteiger charge is 2.26. The molecule has 0 saturated carbocycles. The summed E-state index contributed by atoms with van der Waals surface area (Å²) in [4.78, 5) is 27.3. The third-order valence-electron chi connectivity index (χ3n) is 3.79. The smallest absolute Gasteiger partial charge is 0.409 e. The van der Waals surface area contributed by atoms with E-state index in [1.54, 1.807) is 28.0 Å². The third-order valence-corrected chi connectivity index (χ3v) is 3.79. The maximum Gasteiger partial charge on any atom is 0.409 e. The molecule has 2 aliphatic rings. The summed E-state index contributed by atoms with van der Waals surface area (Å²) in [6.07, 6.45) is -0.355. The maximum absolute atomic E-state index is 12.5. The monoisotopic (exact) mass is 306 g/mol. The van der Waals surface area contributed by atoms with Gasteiger partial charge in [-0.25, -0.2) is 4.79 Å². The van der Waals surface area contributed by atoms with Crippen LogP contribution in [0.25, 0.3) is 0 Å². The Labute approximate surface area is 128 Å². The molecule has 1 saturated heterocycles. The van der Waals surface area contributed by atoms with E-state index in [0.29, 0.717) is 56.5 Å². The number of benzene rings is 1. The van der Waals surface area contributed by atoms with Crippen LogP contribution >= 0.6 is 0 Å². The number of fused-ring (bicyclic) bond motifs is 1. The SMILES string of the molecule is COC(=O)N1CCN(C(=O)c2ccc3c(c2)OCCO3)CC1. The van der Waals surface area contributed by atoms with Gasteiger partial charge in [0, 0.05) is 31.7 Å². The molecule has 0 radical (unpaired) electrons. The number of nitrogens with zero attached hydrogens (tertiary/aromatic N) is 2. The van der Waals surface area contributed by atoms with E-state index in [-0.39, 0.29) is 12.0 Å². The fourth-order valence-electron chi connectivity index (χ4n) is 2.58. The van der Waals surface area contributed by atoms with E-state index in [9.17, 15) is 9.59 Å². The minimum atomic E-state index is -0.355. The Kier molecular flexibility index (Phi) is 4.04. The van der Waals surface area contributed by atoms with Crippen molar-refractivity contribution >= 4 is 12.0 Å². The standard InChI is InChI=1S/C15H18N2O5/c1-20-15(19)17-6-4-16(5-7-17)14(18)11-2-3-12-13(10-11)22-9-8-21-12/h2-3,10H,4-9H2,1H3. The molecule has 0 spiro atoms. The Hall–Kier alpha value is -2.44. The Balaban J connectivity index is 1.66. The first kappa shape index (κ1) is 14.5. The molecule has 1 fully saturated rings. The maximum atomic E-state index is 12.5. The fourth-order valence-corrected chi connectivity index (χ4v) is 2.58. The summed E-state index contributed by atoms with van der Waals surface area (Å²) in [6.45, 7) is 2.94. The third kappa shape index (κ3) is 2.79. The fraction of sp³-hybridized carbons (Fsp3) is 0.467. The molecule has 0 aliphatic carbocycles. The molecular weight excluding hydrogens is 288 g/mol. The zero-order chi connectivity index (χ0) is 15.5. The minimum absolute atomic E-state index is 0.0681. The van der Waals surface area contributed by atoms with Crippen molar-refractivity contribution in [3.8, 4) is 11.5 Å². The second kappa shape index (κ2) is 6.13. The molecule has 2 heterocycles. The second-order valence-electron chi connectivity index (χ2n) is 5.11. The van der Waals surface area contributed by atoms with Crippen molar-refractivity contribution in [3.05, 3.63) is 23.8 Å². The van der Waals surface area contributed by atoms with Crippen molar-refractivity contribution in [2.24, 2.45) is 0 Å². The number of hydrogen-bond acceptors (Lipinski definition) is 5. The normalized spacial score (nSPS) is 17.1. The number of carbonyl (C=O) groups is 2. The summed E-state index contributed by atoms with van der Waals surface area (Å²) < 4.78 is 15.6. The van der Waals surface area contributed by atoms with Gasteiger partial charge < -0.3 is 24.0 Å². The quantitative estimate of drug-likeness (QED) is 0.774. The summed E-state index contributed by atoms with van der Waals surface area (Å²) in [5.41, 5.74) is 0.566. The number of ether oxygens (including phenoxy) is 3. The molecule has 2 amide bonds. The van der Waals surface area contributed by atoms with Crippen LogP contribution < -0.4 is 9.47 Å². The molecule has 0 atom stereocenters. The predicted octanol–water partition coefficient (Wildman–Crippen LogP) is 0.982. The van der Waals surface area contributed by atoms with Crippen LogP contribution in [0.4, 0.5) is 4.79 Å². The lowest BCUT2D eigenvalue weighted by Crippen LogP contribution is -2.50. The summed E-state index contributed by atoms with van der Waals surface area (Å²) in [7, 11) is 1.36. The van der Waals surface area contributed by atoms with Crippen molar-refractivity contribution < 1.29 is 23.8 Å². The lowest BCUT2D eigenvalue weighted by atomic mass is 10.1. The Morgan fingerprint density at radius 1 is 1.00 bits per heavy atom. The summed E-state index contributed by atoms with van der Waals surface area (Å²) in [5, 5.41) is 0. The van der Waals surface area contributed by atoms with Gasteiger partial charge in [0.15, 0.2) is 11.5 Å². The second-order valence-corrected chi connectivity index (χ2v) is 5.11. The predicted molar refractivity (Wildman–Crippen MR) is 77.3 cm³/mol. The number of hydrogen-bond donors (Lipinski definition) is 0. The van der Waals surface area contributed by atoms with E-state index >= 15 is 0 Å².